The highest BCUT2D eigenvalue weighted by molar-refractivity contribution is 5.92. The van der Waals surface area contributed by atoms with E-state index >= 15 is 0 Å². The molecule has 0 saturated heterocycles. The molecule has 1 aliphatic carbocycles. The summed E-state index contributed by atoms with van der Waals surface area (Å²) in [6.45, 7) is 0. The summed E-state index contributed by atoms with van der Waals surface area (Å²) in [5.41, 5.74) is 8.15. The molecule has 0 amide bonds. The molecule has 0 unspecified atom stereocenters. The molecule has 2 nitrogen and oxygen atoms in total. The molecule has 2 heteroatoms. The van der Waals surface area contributed by atoms with Gasteiger partial charge >= 0.3 is 0 Å². The molecular weight excluding hydrogens is 148 g/mol. The van der Waals surface area contributed by atoms with Gasteiger partial charge < -0.3 is 5.73 Å². The van der Waals surface area contributed by atoms with Crippen LogP contribution in [0.3, 0.4) is 0 Å². The zero-order chi connectivity index (χ0) is 8.13. The van der Waals surface area contributed by atoms with E-state index in [4.69, 9.17) is 5.73 Å². The number of fused-ring (bicyclic) bond motifs is 3. The van der Waals surface area contributed by atoms with E-state index in [1.807, 2.05) is 12.1 Å². The topological polar surface area (TPSA) is 38.4 Å². The number of nitrogens with zero attached hydrogens (tertiary/aromatic N) is 1. The summed E-state index contributed by atoms with van der Waals surface area (Å²) in [5.74, 6) is 2.01. The number of aliphatic imine (C=N–C) groups is 1. The average molecular weight is 157 g/mol. The van der Waals surface area contributed by atoms with Crippen molar-refractivity contribution < 1.29 is 0 Å². The Morgan fingerprint density at radius 1 is 1.50 bits per heavy atom. The molecule has 1 heterocycles. The van der Waals surface area contributed by atoms with E-state index in [1.54, 1.807) is 0 Å². The standard InChI is InChI=1S/C10H9N2/c11-10-8-5-7(8)6-3-1-2-4-9(6)12-10/h1,3-4,7-8H,5H2,(H2,11,12)/t7-,8-/m1/s1. The summed E-state index contributed by atoms with van der Waals surface area (Å²) in [6.07, 6.45) is 1.19. The Labute approximate surface area is 71.1 Å². The number of hydrogen-bond donors (Lipinski definition) is 1. The number of benzene rings is 1. The largest absolute Gasteiger partial charge is 0.387 e. The monoisotopic (exact) mass is 157 g/mol. The summed E-state index contributed by atoms with van der Waals surface area (Å²) < 4.78 is 0. The normalized spacial score (nSPS) is 30.2. The summed E-state index contributed by atoms with van der Waals surface area (Å²) >= 11 is 0. The molecule has 0 aromatic heterocycles. The van der Waals surface area contributed by atoms with Gasteiger partial charge in [0.05, 0.1) is 5.69 Å². The van der Waals surface area contributed by atoms with Gasteiger partial charge in [-0.1, -0.05) is 12.1 Å². The first-order valence-electron chi connectivity index (χ1n) is 4.20. The van der Waals surface area contributed by atoms with Crippen LogP contribution in [0.15, 0.2) is 23.2 Å². The molecular formula is C10H9N2. The zero-order valence-corrected chi connectivity index (χ0v) is 6.62. The third-order valence-electron chi connectivity index (χ3n) is 2.69. The molecule has 1 fully saturated rings. The molecule has 3 rings (SSSR count). The molecule has 59 valence electrons. The Kier molecular flexibility index (Phi) is 0.980. The van der Waals surface area contributed by atoms with Gasteiger partial charge in [-0.3, -0.25) is 0 Å². The van der Waals surface area contributed by atoms with E-state index in [-0.39, 0.29) is 0 Å². The van der Waals surface area contributed by atoms with Crippen molar-refractivity contribution in [2.24, 2.45) is 16.6 Å². The van der Waals surface area contributed by atoms with Crippen molar-refractivity contribution in [3.8, 4) is 0 Å². The predicted molar refractivity (Wildman–Crippen MR) is 47.4 cm³/mol. The summed E-state index contributed by atoms with van der Waals surface area (Å²) in [4.78, 5) is 4.33. The van der Waals surface area contributed by atoms with Crippen LogP contribution in [0.25, 0.3) is 0 Å². The molecule has 1 aliphatic heterocycles. The lowest BCUT2D eigenvalue weighted by Crippen LogP contribution is -2.16. The van der Waals surface area contributed by atoms with E-state index in [0.29, 0.717) is 11.8 Å². The molecule has 1 radical (unpaired) electrons. The Morgan fingerprint density at radius 2 is 2.42 bits per heavy atom. The van der Waals surface area contributed by atoms with Gasteiger partial charge in [-0.2, -0.15) is 0 Å². The van der Waals surface area contributed by atoms with Crippen LogP contribution in [-0.2, 0) is 0 Å². The maximum Gasteiger partial charge on any atom is 0.103 e. The SMILES string of the molecule is NC1=Nc2c[c]ccc2[C@H]2C[C@@H]12. The first kappa shape index (κ1) is 6.23. The Bertz CT molecular complexity index is 368. The summed E-state index contributed by atoms with van der Waals surface area (Å²) in [5, 5.41) is 0. The van der Waals surface area contributed by atoms with E-state index in [0.717, 1.165) is 11.5 Å². The molecule has 12 heavy (non-hydrogen) atoms. The van der Waals surface area contributed by atoms with Gasteiger partial charge in [0.15, 0.2) is 0 Å². The van der Waals surface area contributed by atoms with Gasteiger partial charge in [0, 0.05) is 5.92 Å². The molecule has 2 atom stereocenters. The minimum absolute atomic E-state index is 0.542. The van der Waals surface area contributed by atoms with Crippen LogP contribution in [0.5, 0.6) is 0 Å². The van der Waals surface area contributed by atoms with E-state index in [2.05, 4.69) is 17.1 Å². The molecule has 1 aromatic carbocycles. The number of amidine groups is 1. The third kappa shape index (κ3) is 0.670. The fourth-order valence-corrected chi connectivity index (χ4v) is 1.93. The fraction of sp³-hybridized carbons (Fsp3) is 0.300. The van der Waals surface area contributed by atoms with Crippen LogP contribution in [-0.4, -0.2) is 5.84 Å². The van der Waals surface area contributed by atoms with Crippen LogP contribution < -0.4 is 5.73 Å². The van der Waals surface area contributed by atoms with Crippen LogP contribution >= 0.6 is 0 Å². The van der Waals surface area contributed by atoms with E-state index in [9.17, 15) is 0 Å². The second-order valence-corrected chi connectivity index (χ2v) is 3.47. The Morgan fingerprint density at radius 3 is 3.33 bits per heavy atom. The first-order chi connectivity index (χ1) is 5.86. The van der Waals surface area contributed by atoms with Gasteiger partial charge in [0.2, 0.25) is 0 Å². The van der Waals surface area contributed by atoms with Crippen molar-refractivity contribution in [1.82, 2.24) is 0 Å². The van der Waals surface area contributed by atoms with Gasteiger partial charge in [-0.25, -0.2) is 4.99 Å². The predicted octanol–water partition coefficient (Wildman–Crippen LogP) is 1.59. The minimum Gasteiger partial charge on any atom is -0.387 e. The summed E-state index contributed by atoms with van der Waals surface area (Å²) in [6, 6.07) is 8.99. The lowest BCUT2D eigenvalue weighted by Gasteiger charge is -2.10. The lowest BCUT2D eigenvalue weighted by atomic mass is 10.0. The van der Waals surface area contributed by atoms with Gasteiger partial charge in [-0.05, 0) is 30.0 Å². The Hall–Kier alpha value is -1.31. The smallest absolute Gasteiger partial charge is 0.103 e. The van der Waals surface area contributed by atoms with Gasteiger partial charge in [0.1, 0.15) is 5.84 Å². The van der Waals surface area contributed by atoms with Crippen LogP contribution in [0.2, 0.25) is 0 Å². The third-order valence-corrected chi connectivity index (χ3v) is 2.69. The van der Waals surface area contributed by atoms with Crippen molar-refractivity contribution >= 4 is 11.5 Å². The van der Waals surface area contributed by atoms with Crippen molar-refractivity contribution in [1.29, 1.82) is 0 Å². The maximum absolute atomic E-state index is 5.77. The second kappa shape index (κ2) is 1.89. The van der Waals surface area contributed by atoms with Crippen molar-refractivity contribution in [3.63, 3.8) is 0 Å². The average Bonchev–Trinajstić information content (AvgIpc) is 2.84. The quantitative estimate of drug-likeness (QED) is 0.610. The molecule has 1 aromatic rings. The molecule has 0 spiro atoms. The number of hydrogen-bond acceptors (Lipinski definition) is 2. The highest BCUT2D eigenvalue weighted by Gasteiger charge is 2.44. The Balaban J connectivity index is 2.23. The number of rotatable bonds is 0. The molecule has 0 bridgehead atoms. The maximum atomic E-state index is 5.77. The molecule has 2 aliphatic rings. The lowest BCUT2D eigenvalue weighted by molar-refractivity contribution is 1.01. The highest BCUT2D eigenvalue weighted by Crippen LogP contribution is 2.53. The second-order valence-electron chi connectivity index (χ2n) is 3.47. The summed E-state index contributed by atoms with van der Waals surface area (Å²) in [7, 11) is 0. The molecule has 2 N–H and O–H groups in total. The van der Waals surface area contributed by atoms with Crippen molar-refractivity contribution in [2.75, 3.05) is 0 Å². The van der Waals surface area contributed by atoms with Crippen LogP contribution in [0, 0.1) is 12.0 Å². The van der Waals surface area contributed by atoms with Gasteiger partial charge in [-0.15, -0.1) is 0 Å². The zero-order valence-electron chi connectivity index (χ0n) is 6.62. The van der Waals surface area contributed by atoms with Crippen molar-refractivity contribution in [2.45, 2.75) is 12.3 Å². The first-order valence-corrected chi connectivity index (χ1v) is 4.20. The molecule has 1 saturated carbocycles. The fourth-order valence-electron chi connectivity index (χ4n) is 1.93. The number of nitrogens with two attached hydrogens (primary N) is 1. The van der Waals surface area contributed by atoms with Crippen LogP contribution in [0.4, 0.5) is 5.69 Å². The van der Waals surface area contributed by atoms with Crippen LogP contribution in [0.1, 0.15) is 17.9 Å². The van der Waals surface area contributed by atoms with Crippen molar-refractivity contribution in [3.05, 3.63) is 29.8 Å². The van der Waals surface area contributed by atoms with E-state index < -0.39 is 0 Å². The highest BCUT2D eigenvalue weighted by atomic mass is 14.9. The van der Waals surface area contributed by atoms with E-state index in [1.165, 1.54) is 12.0 Å². The minimum atomic E-state index is 0.542. The van der Waals surface area contributed by atoms with Gasteiger partial charge in [0.25, 0.3) is 0 Å².